The number of nitrogens with zero attached hydrogens (tertiary/aromatic N) is 2. The zero-order valence-electron chi connectivity index (χ0n) is 31.4. The van der Waals surface area contributed by atoms with Gasteiger partial charge >= 0.3 is 40.6 Å². The maximum atomic E-state index is 12.0. The van der Waals surface area contributed by atoms with Crippen molar-refractivity contribution in [3.8, 4) is 0 Å². The molecule has 0 heterocycles. The second-order valence-corrected chi connectivity index (χ2v) is 23.3. The van der Waals surface area contributed by atoms with Crippen molar-refractivity contribution in [1.82, 2.24) is 0 Å². The molecule has 0 bridgehead atoms. The van der Waals surface area contributed by atoms with Crippen molar-refractivity contribution in [2.75, 3.05) is 106 Å². The summed E-state index contributed by atoms with van der Waals surface area (Å²) >= 11 is 3.41. The molecular weight excluding hydrogens is 863 g/mol. The molecule has 0 saturated heterocycles. The van der Waals surface area contributed by atoms with Gasteiger partial charge in [0.15, 0.2) is 20.0 Å². The van der Waals surface area contributed by atoms with Gasteiger partial charge < -0.3 is 44.6 Å². The fourth-order valence-electron chi connectivity index (χ4n) is 3.69. The minimum Gasteiger partial charge on any atom is -0.460 e. The zero-order chi connectivity index (χ0) is 42.3. The average molecular weight is 915 g/mol. The third kappa shape index (κ3) is 22.8. The molecule has 0 aromatic heterocycles. The molecule has 28 heteroatoms. The summed E-state index contributed by atoms with van der Waals surface area (Å²) in [5.41, 5.74) is -12.4. The van der Waals surface area contributed by atoms with E-state index in [0.29, 0.717) is 55.1 Å². The monoisotopic (exact) mass is 914 g/mol. The van der Waals surface area contributed by atoms with Gasteiger partial charge in [0.25, 0.3) is 0 Å². The lowest BCUT2D eigenvalue weighted by Gasteiger charge is -2.29. The Balaban J connectivity index is 0. The van der Waals surface area contributed by atoms with Crippen LogP contribution in [0.2, 0.25) is 12.1 Å². The van der Waals surface area contributed by atoms with Gasteiger partial charge in [-0.25, -0.2) is 16.8 Å². The van der Waals surface area contributed by atoms with Crippen LogP contribution in [0.4, 0.5) is 26.3 Å². The number of sulfonamides is 2. The van der Waals surface area contributed by atoms with Crippen molar-refractivity contribution in [1.29, 1.82) is 0 Å². The van der Waals surface area contributed by atoms with E-state index in [1.165, 1.54) is 0 Å². The summed E-state index contributed by atoms with van der Waals surface area (Å²) in [5, 5.41) is 0. The van der Waals surface area contributed by atoms with E-state index in [-0.39, 0.29) is 11.9 Å². The third-order valence-electron chi connectivity index (χ3n) is 7.01. The maximum Gasteiger partial charge on any atom is 0.500 e. The maximum absolute atomic E-state index is 12.0. The molecule has 0 aromatic rings. The van der Waals surface area contributed by atoms with Crippen LogP contribution in [0.5, 0.6) is 0 Å². The van der Waals surface area contributed by atoms with E-state index >= 15 is 0 Å². The first-order valence-corrected chi connectivity index (χ1v) is 24.8. The number of esters is 2. The first-order valence-electron chi connectivity index (χ1n) is 15.7. The van der Waals surface area contributed by atoms with Crippen LogP contribution in [0, 0.1) is 0 Å². The topological polar surface area (TPSA) is 190 Å². The summed E-state index contributed by atoms with van der Waals surface area (Å²) in [6.45, 7) is 1.98. The number of halogens is 6. The number of alkyl halides is 6. The Bertz CT molecular complexity index is 1180. The summed E-state index contributed by atoms with van der Waals surface area (Å²) in [6.07, 6.45) is 2.56. The molecule has 0 spiro atoms. The molecule has 324 valence electrons. The fraction of sp³-hybridized carbons (Fsp3) is 0.923. The van der Waals surface area contributed by atoms with Gasteiger partial charge in [-0.3, -0.25) is 9.59 Å². The number of carbonyl (C=O) groups excluding carboxylic acids is 2. The molecule has 0 fully saturated rings. The van der Waals surface area contributed by atoms with Crippen LogP contribution in [0.1, 0.15) is 25.7 Å². The Kier molecular flexibility index (Phi) is 26.9. The molecule has 0 N–H and O–H groups in total. The van der Waals surface area contributed by atoms with E-state index < -0.39 is 48.7 Å². The first kappa shape index (κ1) is 55.3. The lowest BCUT2D eigenvalue weighted by Crippen LogP contribution is -2.45. The molecule has 0 atom stereocenters. The molecule has 0 aliphatic rings. The van der Waals surface area contributed by atoms with Gasteiger partial charge in [-0.15, -0.1) is 0 Å². The van der Waals surface area contributed by atoms with Crippen molar-refractivity contribution < 1.29 is 93.3 Å². The second-order valence-electron chi connectivity index (χ2n) is 11.3. The summed E-state index contributed by atoms with van der Waals surface area (Å²) in [5.74, 6) is 2.84. The van der Waals surface area contributed by atoms with E-state index in [1.807, 2.05) is 14.1 Å². The van der Waals surface area contributed by atoms with Crippen molar-refractivity contribution >= 4 is 73.1 Å². The molecule has 0 aliphatic heterocycles. The van der Waals surface area contributed by atoms with E-state index in [4.69, 9.17) is 36.0 Å². The normalized spacial score (nSPS) is 13.3. The SMILES string of the molecule is CO[Si](CCCSCCC(=O)OCC[N+](C)(C)CCOC(=O)CCSCCC[Si](OC)(OC)OC)(OC)OC.O=S(=O)([N-]S(=O)(=O)C(F)(F)F)C(F)(F)F. The quantitative estimate of drug-likeness (QED) is 0.0360. The van der Waals surface area contributed by atoms with E-state index in [2.05, 4.69) is 0 Å². The molecule has 16 nitrogen and oxygen atoms in total. The fourth-order valence-corrected chi connectivity index (χ4v) is 11.1. The predicted octanol–water partition coefficient (Wildman–Crippen LogP) is 3.99. The molecular formula is C26H52F6N2O14S4Si2. The smallest absolute Gasteiger partial charge is 0.460 e. The van der Waals surface area contributed by atoms with Gasteiger partial charge in [-0.2, -0.15) is 49.9 Å². The summed E-state index contributed by atoms with van der Waals surface area (Å²) < 4.78 is 153. The van der Waals surface area contributed by atoms with Crippen molar-refractivity contribution in [3.05, 3.63) is 4.13 Å². The standard InChI is InChI=1S/C24H52NO10S2Si2.C2F6NO4S2/c1-25(2,13-15-34-23(26)11-19-36-17-9-21-38(28-3,29-4)30-5)14-16-35-24(27)12-20-37-18-10-22-39(31-6,32-7)33-8;3-1(4,5)14(10,11)9-15(12,13)2(6,7)8/h9-22H2,1-8H3;/q+1;-1. The lowest BCUT2D eigenvalue weighted by atomic mass is 10.4. The molecule has 0 saturated carbocycles. The Morgan fingerprint density at radius 2 is 0.889 bits per heavy atom. The van der Waals surface area contributed by atoms with E-state index in [9.17, 15) is 52.8 Å². The van der Waals surface area contributed by atoms with Gasteiger partial charge in [0, 0.05) is 66.3 Å². The molecule has 0 aliphatic carbocycles. The Hall–Kier alpha value is -0.766. The van der Waals surface area contributed by atoms with Crippen LogP contribution in [-0.2, 0) is 65.7 Å². The van der Waals surface area contributed by atoms with Gasteiger partial charge in [-0.05, 0) is 24.3 Å². The molecule has 54 heavy (non-hydrogen) atoms. The van der Waals surface area contributed by atoms with Gasteiger partial charge in [0.05, 0.1) is 26.9 Å². The molecule has 0 radical (unpaired) electrons. The Morgan fingerprint density at radius 3 is 1.15 bits per heavy atom. The summed E-state index contributed by atoms with van der Waals surface area (Å²) in [4.78, 5) is 24.1. The van der Waals surface area contributed by atoms with Crippen LogP contribution < -0.4 is 0 Å². The number of carbonyl (C=O) groups is 2. The van der Waals surface area contributed by atoms with Crippen molar-refractivity contribution in [3.63, 3.8) is 0 Å². The number of thioether (sulfide) groups is 2. The van der Waals surface area contributed by atoms with Crippen LogP contribution in [0.25, 0.3) is 4.13 Å². The Morgan fingerprint density at radius 1 is 0.593 bits per heavy atom. The van der Waals surface area contributed by atoms with Crippen LogP contribution >= 0.6 is 23.5 Å². The highest BCUT2D eigenvalue weighted by molar-refractivity contribution is 8.13. The van der Waals surface area contributed by atoms with Crippen LogP contribution in [0.3, 0.4) is 0 Å². The highest BCUT2D eigenvalue weighted by Gasteiger charge is 2.47. The molecule has 0 unspecified atom stereocenters. The third-order valence-corrected chi connectivity index (χ3v) is 17.6. The Labute approximate surface area is 324 Å². The second kappa shape index (κ2) is 26.3. The van der Waals surface area contributed by atoms with Crippen LogP contribution in [-0.4, -0.2) is 168 Å². The van der Waals surface area contributed by atoms with Crippen molar-refractivity contribution in [2.24, 2.45) is 0 Å². The molecule has 0 amide bonds. The minimum absolute atomic E-state index is 0.194. The molecule has 0 aromatic carbocycles. The summed E-state index contributed by atoms with van der Waals surface area (Å²) in [6, 6.07) is 1.49. The first-order chi connectivity index (χ1) is 24.8. The average Bonchev–Trinajstić information content (AvgIpc) is 3.07. The highest BCUT2D eigenvalue weighted by atomic mass is 32.3. The minimum atomic E-state index is -6.72. The zero-order valence-corrected chi connectivity index (χ0v) is 36.7. The largest absolute Gasteiger partial charge is 0.500 e. The number of likely N-dealkylation sites (N-methyl/N-ethyl adjacent to an activating group) is 1. The highest BCUT2D eigenvalue weighted by Crippen LogP contribution is 2.36. The number of hydrogen-bond acceptors (Lipinski definition) is 16. The number of quaternary nitrogens is 1. The van der Waals surface area contributed by atoms with E-state index in [0.717, 1.165) is 40.6 Å². The number of rotatable bonds is 28. The lowest BCUT2D eigenvalue weighted by molar-refractivity contribution is -0.890. The van der Waals surface area contributed by atoms with Crippen LogP contribution in [0.15, 0.2) is 0 Å². The summed E-state index contributed by atoms with van der Waals surface area (Å²) in [7, 11) is -4.75. The number of ether oxygens (including phenoxy) is 2. The van der Waals surface area contributed by atoms with Gasteiger partial charge in [0.2, 0.25) is 0 Å². The van der Waals surface area contributed by atoms with Gasteiger partial charge in [-0.1, -0.05) is 0 Å². The molecule has 0 rings (SSSR count). The van der Waals surface area contributed by atoms with E-state index in [1.54, 1.807) is 66.2 Å². The predicted molar refractivity (Wildman–Crippen MR) is 193 cm³/mol. The number of hydrogen-bond donors (Lipinski definition) is 0. The van der Waals surface area contributed by atoms with Gasteiger partial charge in [0.1, 0.15) is 26.3 Å². The van der Waals surface area contributed by atoms with Crippen molar-refractivity contribution in [2.45, 2.75) is 48.8 Å².